The van der Waals surface area contributed by atoms with Gasteiger partial charge in [0.25, 0.3) is 0 Å². The highest BCUT2D eigenvalue weighted by molar-refractivity contribution is 6.08. The molecule has 1 heterocycles. The molecule has 0 radical (unpaired) electrons. The fourth-order valence-corrected chi connectivity index (χ4v) is 3.22. The fraction of sp³-hybridized carbons (Fsp3) is 0.579. The van der Waals surface area contributed by atoms with Gasteiger partial charge in [-0.15, -0.1) is 0 Å². The zero-order chi connectivity index (χ0) is 19.2. The quantitative estimate of drug-likeness (QED) is 0.526. The highest BCUT2D eigenvalue weighted by Crippen LogP contribution is 2.37. The Morgan fingerprint density at radius 1 is 1.19 bits per heavy atom. The number of carbonyl (C=O) groups is 1. The molecule has 0 aliphatic carbocycles. The lowest BCUT2D eigenvalue weighted by molar-refractivity contribution is -0.145. The summed E-state index contributed by atoms with van der Waals surface area (Å²) in [6, 6.07) is 5.82. The molecule has 0 saturated heterocycles. The number of aliphatic imine (C=N–C) groups is 1. The number of benzene rings is 1. The first-order valence-corrected chi connectivity index (χ1v) is 8.97. The second-order valence-electron chi connectivity index (χ2n) is 6.47. The number of rotatable bonds is 7. The minimum absolute atomic E-state index is 0.183. The molecule has 0 bridgehead atoms. The molecule has 0 saturated carbocycles. The van der Waals surface area contributed by atoms with E-state index in [-0.39, 0.29) is 5.69 Å². The molecule has 0 aromatic heterocycles. The Balaban J connectivity index is 2.34. The first-order valence-electron chi connectivity index (χ1n) is 8.97. The summed E-state index contributed by atoms with van der Waals surface area (Å²) in [6.07, 6.45) is 0.591. The van der Waals surface area contributed by atoms with E-state index < -0.39 is 29.8 Å². The van der Waals surface area contributed by atoms with Crippen LogP contribution in [-0.2, 0) is 9.53 Å². The van der Waals surface area contributed by atoms with Gasteiger partial charge >= 0.3 is 12.1 Å². The van der Waals surface area contributed by atoms with Gasteiger partial charge in [-0.1, -0.05) is 51.2 Å². The lowest BCUT2D eigenvalue weighted by atomic mass is 9.89. The Labute approximate surface area is 151 Å². The summed E-state index contributed by atoms with van der Waals surface area (Å²) < 4.78 is 45.7. The van der Waals surface area contributed by atoms with E-state index >= 15 is 0 Å². The number of unbranched alkanes of at least 4 members (excludes halogenated alkanes) is 4. The number of methoxy groups -OCH3 is 1. The number of fused-ring (bicyclic) bond motifs is 1. The maximum Gasteiger partial charge on any atom is 0.430 e. The summed E-state index contributed by atoms with van der Waals surface area (Å²) in [4.78, 5) is 16.0. The molecule has 1 aliphatic heterocycles. The van der Waals surface area contributed by atoms with Crippen LogP contribution < -0.4 is 5.32 Å². The van der Waals surface area contributed by atoms with Crippen LogP contribution in [0.1, 0.15) is 45.4 Å². The minimum Gasteiger partial charge on any atom is -0.468 e. The number of esters is 1. The van der Waals surface area contributed by atoms with Gasteiger partial charge in [0.05, 0.1) is 18.5 Å². The standard InChI is InChI=1S/C19H25F3N2O2/c1-3-4-5-6-7-12-15-16(18(25)26-2)17(19(20,21)22)24-14-11-9-8-10-13(14)23-15/h8-11,15-16,23H,3-7,12H2,1-2H3/t15-,16+/m0/s1. The number of ether oxygens (including phenoxy) is 1. The smallest absolute Gasteiger partial charge is 0.430 e. The second kappa shape index (κ2) is 9.05. The van der Waals surface area contributed by atoms with Gasteiger partial charge in [-0.2, -0.15) is 13.2 Å². The largest absolute Gasteiger partial charge is 0.468 e. The molecule has 0 fully saturated rings. The lowest BCUT2D eigenvalue weighted by Crippen LogP contribution is -2.45. The van der Waals surface area contributed by atoms with Crippen molar-refractivity contribution in [2.45, 2.75) is 57.7 Å². The maximum atomic E-state index is 13.7. The highest BCUT2D eigenvalue weighted by Gasteiger charge is 2.48. The van der Waals surface area contributed by atoms with E-state index in [2.05, 4.69) is 22.0 Å². The molecule has 0 spiro atoms. The van der Waals surface area contributed by atoms with Crippen molar-refractivity contribution in [2.75, 3.05) is 12.4 Å². The van der Waals surface area contributed by atoms with E-state index in [1.54, 1.807) is 18.2 Å². The van der Waals surface area contributed by atoms with E-state index in [1.165, 1.54) is 6.07 Å². The highest BCUT2D eigenvalue weighted by atomic mass is 19.4. The van der Waals surface area contributed by atoms with Crippen molar-refractivity contribution in [2.24, 2.45) is 10.9 Å². The third kappa shape index (κ3) is 4.99. The van der Waals surface area contributed by atoms with E-state index in [0.717, 1.165) is 39.2 Å². The Kier molecular flexibility index (Phi) is 7.06. The van der Waals surface area contributed by atoms with Crippen molar-refractivity contribution in [1.29, 1.82) is 0 Å². The van der Waals surface area contributed by atoms with Crippen LogP contribution in [0, 0.1) is 5.92 Å². The summed E-state index contributed by atoms with van der Waals surface area (Å²) in [5.41, 5.74) is -0.415. The van der Waals surface area contributed by atoms with Gasteiger partial charge in [-0.3, -0.25) is 4.79 Å². The molecule has 0 unspecified atom stereocenters. The summed E-state index contributed by atoms with van der Waals surface area (Å²) in [6.45, 7) is 2.10. The average Bonchev–Trinajstić information content (AvgIpc) is 2.77. The molecular formula is C19H25F3N2O2. The number of para-hydroxylation sites is 2. The molecule has 7 heteroatoms. The Bertz CT molecular complexity index is 644. The van der Waals surface area contributed by atoms with Crippen molar-refractivity contribution in [3.8, 4) is 0 Å². The maximum absolute atomic E-state index is 13.7. The van der Waals surface area contributed by atoms with Crippen molar-refractivity contribution < 1.29 is 22.7 Å². The molecule has 2 atom stereocenters. The van der Waals surface area contributed by atoms with Gasteiger partial charge in [0, 0.05) is 6.04 Å². The third-order valence-electron chi connectivity index (χ3n) is 4.55. The number of alkyl halides is 3. The fourth-order valence-electron chi connectivity index (χ4n) is 3.22. The number of halogens is 3. The van der Waals surface area contributed by atoms with Crippen LogP contribution in [0.5, 0.6) is 0 Å². The topological polar surface area (TPSA) is 50.7 Å². The van der Waals surface area contributed by atoms with Crippen molar-refractivity contribution in [1.82, 2.24) is 0 Å². The Morgan fingerprint density at radius 3 is 2.54 bits per heavy atom. The average molecular weight is 370 g/mol. The molecule has 1 N–H and O–H groups in total. The van der Waals surface area contributed by atoms with Crippen LogP contribution in [0.2, 0.25) is 0 Å². The molecule has 4 nitrogen and oxygen atoms in total. The molecule has 0 amide bonds. The van der Waals surface area contributed by atoms with Gasteiger partial charge in [0.15, 0.2) is 0 Å². The molecule has 1 aromatic carbocycles. The van der Waals surface area contributed by atoms with Crippen LogP contribution in [-0.4, -0.2) is 31.0 Å². The normalized spacial score (nSPS) is 19.8. The Hall–Kier alpha value is -2.05. The molecule has 1 aromatic rings. The van der Waals surface area contributed by atoms with Gasteiger partial charge in [0.2, 0.25) is 0 Å². The van der Waals surface area contributed by atoms with E-state index in [1.807, 2.05) is 0 Å². The monoisotopic (exact) mass is 370 g/mol. The van der Waals surface area contributed by atoms with Crippen LogP contribution in [0.15, 0.2) is 29.3 Å². The number of anilines is 1. The summed E-state index contributed by atoms with van der Waals surface area (Å²) >= 11 is 0. The number of nitrogens with zero attached hydrogens (tertiary/aromatic N) is 1. The van der Waals surface area contributed by atoms with Crippen LogP contribution in [0.4, 0.5) is 24.5 Å². The van der Waals surface area contributed by atoms with Crippen LogP contribution >= 0.6 is 0 Å². The van der Waals surface area contributed by atoms with Crippen molar-refractivity contribution in [3.05, 3.63) is 24.3 Å². The summed E-state index contributed by atoms with van der Waals surface area (Å²) in [7, 11) is 1.10. The van der Waals surface area contributed by atoms with Gasteiger partial charge in [-0.05, 0) is 18.6 Å². The van der Waals surface area contributed by atoms with Crippen LogP contribution in [0.25, 0.3) is 0 Å². The first kappa shape index (κ1) is 20.3. The zero-order valence-electron chi connectivity index (χ0n) is 15.1. The number of hydrogen-bond donors (Lipinski definition) is 1. The SMILES string of the molecule is CCCCCCC[C@@H]1Nc2ccccc2N=C(C(F)(F)F)[C@@H]1C(=O)OC. The zero-order valence-corrected chi connectivity index (χ0v) is 15.1. The van der Waals surface area contributed by atoms with Crippen LogP contribution in [0.3, 0.4) is 0 Å². The molecular weight excluding hydrogens is 345 g/mol. The lowest BCUT2D eigenvalue weighted by Gasteiger charge is -2.27. The van der Waals surface area contributed by atoms with Gasteiger partial charge in [0.1, 0.15) is 11.6 Å². The number of nitrogens with one attached hydrogen (secondary N) is 1. The minimum atomic E-state index is -4.71. The van der Waals surface area contributed by atoms with E-state index in [0.29, 0.717) is 12.1 Å². The first-order chi connectivity index (χ1) is 12.4. The predicted molar refractivity (Wildman–Crippen MR) is 95.9 cm³/mol. The summed E-state index contributed by atoms with van der Waals surface area (Å²) in [5, 5.41) is 3.10. The second-order valence-corrected chi connectivity index (χ2v) is 6.47. The molecule has 144 valence electrons. The summed E-state index contributed by atoms with van der Waals surface area (Å²) in [5.74, 6) is -2.40. The number of hydrogen-bond acceptors (Lipinski definition) is 4. The molecule has 26 heavy (non-hydrogen) atoms. The molecule has 2 rings (SSSR count). The molecule has 1 aliphatic rings. The third-order valence-corrected chi connectivity index (χ3v) is 4.55. The van der Waals surface area contributed by atoms with E-state index in [9.17, 15) is 18.0 Å². The van der Waals surface area contributed by atoms with Gasteiger partial charge < -0.3 is 10.1 Å². The number of carbonyl (C=O) groups excluding carboxylic acids is 1. The van der Waals surface area contributed by atoms with Crippen molar-refractivity contribution >= 4 is 23.1 Å². The van der Waals surface area contributed by atoms with Crippen molar-refractivity contribution in [3.63, 3.8) is 0 Å². The Morgan fingerprint density at radius 2 is 1.88 bits per heavy atom. The predicted octanol–water partition coefficient (Wildman–Crippen LogP) is 5.27. The van der Waals surface area contributed by atoms with Gasteiger partial charge in [-0.25, -0.2) is 4.99 Å². The van der Waals surface area contributed by atoms with E-state index in [4.69, 9.17) is 0 Å².